The summed E-state index contributed by atoms with van der Waals surface area (Å²) in [5.74, 6) is 0. The van der Waals surface area contributed by atoms with Gasteiger partial charge in [-0.05, 0) is 45.1 Å². The zero-order valence-electron chi connectivity index (χ0n) is 12.8. The summed E-state index contributed by atoms with van der Waals surface area (Å²) in [6, 6.07) is 2.31. The first-order valence-corrected chi connectivity index (χ1v) is 8.38. The molecule has 0 saturated carbocycles. The average Bonchev–Trinajstić information content (AvgIpc) is 2.55. The van der Waals surface area contributed by atoms with Crippen molar-refractivity contribution >= 4 is 5.69 Å². The molecular formula is C16H26N4O. The fourth-order valence-electron chi connectivity index (χ4n) is 3.37. The molecule has 0 amide bonds. The van der Waals surface area contributed by atoms with Crippen molar-refractivity contribution in [1.82, 2.24) is 15.1 Å². The lowest BCUT2D eigenvalue weighted by molar-refractivity contribution is 0.357. The molecule has 3 heterocycles. The molecule has 1 atom stereocenters. The minimum atomic E-state index is 0.0360. The molecule has 0 spiro atoms. The molecule has 1 N–H and O–H groups in total. The van der Waals surface area contributed by atoms with E-state index in [2.05, 4.69) is 15.3 Å². The molecule has 5 heteroatoms. The summed E-state index contributed by atoms with van der Waals surface area (Å²) in [5, 5.41) is 7.89. The monoisotopic (exact) mass is 290 g/mol. The standard InChI is InChI=1S/C16H26N4O/c21-16-12-15(19-9-4-1-5-10-19)13-18-20(16)11-7-14-6-2-3-8-17-14/h12-14,17H,1-11H2. The second kappa shape index (κ2) is 7.07. The van der Waals surface area contributed by atoms with Gasteiger partial charge in [-0.2, -0.15) is 5.10 Å². The van der Waals surface area contributed by atoms with Crippen LogP contribution in [0.4, 0.5) is 5.69 Å². The molecular weight excluding hydrogens is 264 g/mol. The third-order valence-corrected chi connectivity index (χ3v) is 4.68. The van der Waals surface area contributed by atoms with Crippen LogP contribution in [0.3, 0.4) is 0 Å². The number of nitrogens with one attached hydrogen (secondary N) is 1. The second-order valence-corrected chi connectivity index (χ2v) is 6.26. The quantitative estimate of drug-likeness (QED) is 0.918. The van der Waals surface area contributed by atoms with Crippen LogP contribution in [-0.2, 0) is 6.54 Å². The number of hydrogen-bond donors (Lipinski definition) is 1. The molecule has 2 aliphatic heterocycles. The van der Waals surface area contributed by atoms with Crippen molar-refractivity contribution in [1.29, 1.82) is 0 Å². The Hall–Kier alpha value is -1.36. The van der Waals surface area contributed by atoms with Gasteiger partial charge >= 0.3 is 0 Å². The molecule has 1 aromatic rings. The van der Waals surface area contributed by atoms with E-state index >= 15 is 0 Å². The molecule has 1 aromatic heterocycles. The number of rotatable bonds is 4. The smallest absolute Gasteiger partial charge is 0.268 e. The van der Waals surface area contributed by atoms with E-state index in [1.165, 1.54) is 38.5 Å². The van der Waals surface area contributed by atoms with E-state index < -0.39 is 0 Å². The van der Waals surface area contributed by atoms with Gasteiger partial charge in [0.05, 0.1) is 11.9 Å². The summed E-state index contributed by atoms with van der Waals surface area (Å²) < 4.78 is 1.61. The lowest BCUT2D eigenvalue weighted by Crippen LogP contribution is -2.36. The van der Waals surface area contributed by atoms with E-state index in [1.54, 1.807) is 10.7 Å². The Balaban J connectivity index is 1.59. The molecule has 1 unspecified atom stereocenters. The molecule has 5 nitrogen and oxygen atoms in total. The first kappa shape index (κ1) is 14.6. The van der Waals surface area contributed by atoms with Crippen molar-refractivity contribution in [3.8, 4) is 0 Å². The molecule has 21 heavy (non-hydrogen) atoms. The van der Waals surface area contributed by atoms with Gasteiger partial charge in [0.1, 0.15) is 0 Å². The van der Waals surface area contributed by atoms with Gasteiger partial charge in [-0.15, -0.1) is 0 Å². The topological polar surface area (TPSA) is 50.2 Å². The lowest BCUT2D eigenvalue weighted by Gasteiger charge is -2.28. The van der Waals surface area contributed by atoms with Crippen LogP contribution >= 0.6 is 0 Å². The van der Waals surface area contributed by atoms with Crippen molar-refractivity contribution in [3.63, 3.8) is 0 Å². The maximum absolute atomic E-state index is 12.2. The zero-order valence-corrected chi connectivity index (χ0v) is 12.8. The number of hydrogen-bond acceptors (Lipinski definition) is 4. The highest BCUT2D eigenvalue weighted by atomic mass is 16.1. The minimum Gasteiger partial charge on any atom is -0.370 e. The SMILES string of the molecule is O=c1cc(N2CCCCC2)cnn1CCC1CCCCN1. The van der Waals surface area contributed by atoms with Crippen LogP contribution in [-0.4, -0.2) is 35.5 Å². The van der Waals surface area contributed by atoms with Crippen LogP contribution in [0, 0.1) is 0 Å². The fraction of sp³-hybridized carbons (Fsp3) is 0.750. The highest BCUT2D eigenvalue weighted by Gasteiger charge is 2.14. The third kappa shape index (κ3) is 3.84. The molecule has 116 valence electrons. The van der Waals surface area contributed by atoms with Gasteiger partial charge in [0.15, 0.2) is 0 Å². The van der Waals surface area contributed by atoms with Gasteiger partial charge in [-0.1, -0.05) is 6.42 Å². The van der Waals surface area contributed by atoms with Crippen LogP contribution < -0.4 is 15.8 Å². The molecule has 2 fully saturated rings. The van der Waals surface area contributed by atoms with Gasteiger partial charge in [0.25, 0.3) is 5.56 Å². The second-order valence-electron chi connectivity index (χ2n) is 6.26. The number of anilines is 1. The van der Waals surface area contributed by atoms with Gasteiger partial charge < -0.3 is 10.2 Å². The Kier molecular flexibility index (Phi) is 4.91. The Bertz CT molecular complexity index is 501. The summed E-state index contributed by atoms with van der Waals surface area (Å²) in [4.78, 5) is 14.5. The molecule has 2 saturated heterocycles. The maximum atomic E-state index is 12.2. The summed E-state index contributed by atoms with van der Waals surface area (Å²) in [5.41, 5.74) is 1.03. The predicted molar refractivity (Wildman–Crippen MR) is 84.8 cm³/mol. The van der Waals surface area contributed by atoms with Crippen molar-refractivity contribution in [2.45, 2.75) is 57.5 Å². The fourth-order valence-corrected chi connectivity index (χ4v) is 3.37. The van der Waals surface area contributed by atoms with Crippen molar-refractivity contribution in [3.05, 3.63) is 22.6 Å². The molecule has 0 aliphatic carbocycles. The van der Waals surface area contributed by atoms with Gasteiger partial charge in [0.2, 0.25) is 0 Å². The van der Waals surface area contributed by atoms with E-state index in [-0.39, 0.29) is 5.56 Å². The first-order chi connectivity index (χ1) is 10.3. The van der Waals surface area contributed by atoms with E-state index in [9.17, 15) is 4.79 Å². The number of aryl methyl sites for hydroxylation is 1. The Labute approximate surface area is 126 Å². The lowest BCUT2D eigenvalue weighted by atomic mass is 10.0. The van der Waals surface area contributed by atoms with Crippen LogP contribution in [0.25, 0.3) is 0 Å². The molecule has 2 aliphatic rings. The van der Waals surface area contributed by atoms with Crippen LogP contribution in [0.1, 0.15) is 44.9 Å². The van der Waals surface area contributed by atoms with Gasteiger partial charge in [-0.25, -0.2) is 4.68 Å². The number of nitrogens with zero attached hydrogens (tertiary/aromatic N) is 3. The molecule has 0 aromatic carbocycles. The summed E-state index contributed by atoms with van der Waals surface area (Å²) in [6.07, 6.45) is 10.4. The summed E-state index contributed by atoms with van der Waals surface area (Å²) in [7, 11) is 0. The number of aromatic nitrogens is 2. The summed E-state index contributed by atoms with van der Waals surface area (Å²) >= 11 is 0. The highest BCUT2D eigenvalue weighted by molar-refractivity contribution is 5.43. The van der Waals surface area contributed by atoms with E-state index in [0.717, 1.165) is 38.3 Å². The minimum absolute atomic E-state index is 0.0360. The van der Waals surface area contributed by atoms with Crippen LogP contribution in [0.15, 0.2) is 17.1 Å². The van der Waals surface area contributed by atoms with Crippen molar-refractivity contribution < 1.29 is 0 Å². The normalized spacial score (nSPS) is 23.2. The average molecular weight is 290 g/mol. The molecule has 0 radical (unpaired) electrons. The predicted octanol–water partition coefficient (Wildman–Crippen LogP) is 1.77. The van der Waals surface area contributed by atoms with E-state index in [0.29, 0.717) is 6.04 Å². The van der Waals surface area contributed by atoms with Crippen molar-refractivity contribution in [2.75, 3.05) is 24.5 Å². The van der Waals surface area contributed by atoms with Crippen LogP contribution in [0.2, 0.25) is 0 Å². The van der Waals surface area contributed by atoms with Crippen LogP contribution in [0.5, 0.6) is 0 Å². The Morgan fingerprint density at radius 1 is 1.19 bits per heavy atom. The third-order valence-electron chi connectivity index (χ3n) is 4.68. The number of piperidine rings is 2. The first-order valence-electron chi connectivity index (χ1n) is 8.38. The van der Waals surface area contributed by atoms with Crippen molar-refractivity contribution in [2.24, 2.45) is 0 Å². The van der Waals surface area contributed by atoms with Gasteiger partial charge in [0, 0.05) is 31.7 Å². The summed E-state index contributed by atoms with van der Waals surface area (Å²) in [6.45, 7) is 3.94. The van der Waals surface area contributed by atoms with E-state index in [4.69, 9.17) is 0 Å². The Morgan fingerprint density at radius 2 is 2.05 bits per heavy atom. The van der Waals surface area contributed by atoms with Gasteiger partial charge in [-0.3, -0.25) is 4.79 Å². The Morgan fingerprint density at radius 3 is 2.76 bits per heavy atom. The highest BCUT2D eigenvalue weighted by Crippen LogP contribution is 2.17. The van der Waals surface area contributed by atoms with E-state index in [1.807, 2.05) is 6.20 Å². The largest absolute Gasteiger partial charge is 0.370 e. The maximum Gasteiger partial charge on any atom is 0.268 e. The zero-order chi connectivity index (χ0) is 14.5. The molecule has 0 bridgehead atoms. The molecule has 3 rings (SSSR count).